The van der Waals surface area contributed by atoms with Crippen LogP contribution in [0.15, 0.2) is 58.3 Å². The summed E-state index contributed by atoms with van der Waals surface area (Å²) in [7, 11) is 5.98. The number of rotatable bonds is 7. The number of methoxy groups -OCH3 is 2. The standard InChI is InChI=1S/C18H18O4S2/c1-21-17(19)11-13-5-3-7-15(9-13)23-24-16-8-4-6-14(10-16)12-18(20)22-2/h3-10H,11-12H2,1-2H3. The van der Waals surface area contributed by atoms with E-state index in [-0.39, 0.29) is 24.8 Å². The van der Waals surface area contributed by atoms with Crippen molar-refractivity contribution >= 4 is 33.5 Å². The summed E-state index contributed by atoms with van der Waals surface area (Å²) in [6, 6.07) is 15.6. The molecule has 0 saturated heterocycles. The van der Waals surface area contributed by atoms with Gasteiger partial charge in [0.1, 0.15) is 0 Å². The molecule has 0 aliphatic heterocycles. The molecule has 2 rings (SSSR count). The fourth-order valence-electron chi connectivity index (χ4n) is 1.99. The average Bonchev–Trinajstić information content (AvgIpc) is 2.60. The maximum absolute atomic E-state index is 11.4. The van der Waals surface area contributed by atoms with Crippen molar-refractivity contribution in [2.24, 2.45) is 0 Å². The molecule has 0 radical (unpaired) electrons. The van der Waals surface area contributed by atoms with Crippen molar-refractivity contribution in [3.63, 3.8) is 0 Å². The number of carbonyl (C=O) groups is 2. The molecule has 2 aromatic carbocycles. The molecule has 0 amide bonds. The topological polar surface area (TPSA) is 52.6 Å². The number of carbonyl (C=O) groups excluding carboxylic acids is 2. The number of esters is 2. The zero-order valence-corrected chi connectivity index (χ0v) is 15.1. The van der Waals surface area contributed by atoms with Crippen molar-refractivity contribution in [1.29, 1.82) is 0 Å². The highest BCUT2D eigenvalue weighted by atomic mass is 33.1. The third kappa shape index (κ3) is 5.94. The highest BCUT2D eigenvalue weighted by Crippen LogP contribution is 2.37. The molecular formula is C18H18O4S2. The van der Waals surface area contributed by atoms with Crippen LogP contribution in [0.5, 0.6) is 0 Å². The summed E-state index contributed by atoms with van der Waals surface area (Å²) in [5.41, 5.74) is 1.85. The van der Waals surface area contributed by atoms with Crippen molar-refractivity contribution in [3.05, 3.63) is 59.7 Å². The lowest BCUT2D eigenvalue weighted by Crippen LogP contribution is -2.04. The molecule has 0 heterocycles. The van der Waals surface area contributed by atoms with Crippen LogP contribution in [0.2, 0.25) is 0 Å². The Labute approximate surface area is 149 Å². The van der Waals surface area contributed by atoms with Crippen molar-refractivity contribution < 1.29 is 19.1 Å². The lowest BCUT2D eigenvalue weighted by molar-refractivity contribution is -0.140. The molecule has 0 saturated carbocycles. The second-order valence-electron chi connectivity index (χ2n) is 4.97. The van der Waals surface area contributed by atoms with Gasteiger partial charge >= 0.3 is 11.9 Å². The van der Waals surface area contributed by atoms with Gasteiger partial charge in [-0.25, -0.2) is 0 Å². The van der Waals surface area contributed by atoms with E-state index in [1.165, 1.54) is 14.2 Å². The van der Waals surface area contributed by atoms with E-state index in [4.69, 9.17) is 0 Å². The minimum Gasteiger partial charge on any atom is -0.469 e. The van der Waals surface area contributed by atoms with Gasteiger partial charge in [-0.1, -0.05) is 45.9 Å². The van der Waals surface area contributed by atoms with Crippen molar-refractivity contribution in [1.82, 2.24) is 0 Å². The zero-order chi connectivity index (χ0) is 17.4. The second kappa shape index (κ2) is 9.39. The first-order valence-electron chi connectivity index (χ1n) is 7.26. The van der Waals surface area contributed by atoms with E-state index in [1.807, 2.05) is 48.5 Å². The molecule has 6 heteroatoms. The van der Waals surface area contributed by atoms with Crippen LogP contribution < -0.4 is 0 Å². The summed E-state index contributed by atoms with van der Waals surface area (Å²) in [6.45, 7) is 0. The smallest absolute Gasteiger partial charge is 0.309 e. The Hall–Kier alpha value is -1.92. The van der Waals surface area contributed by atoms with Crippen molar-refractivity contribution in [3.8, 4) is 0 Å². The lowest BCUT2D eigenvalue weighted by atomic mass is 10.1. The molecule has 4 nitrogen and oxygen atoms in total. The summed E-state index contributed by atoms with van der Waals surface area (Å²) < 4.78 is 9.38. The fourth-order valence-corrected chi connectivity index (χ4v) is 4.05. The summed E-state index contributed by atoms with van der Waals surface area (Å²) in [6.07, 6.45) is 0.536. The first kappa shape index (κ1) is 18.4. The van der Waals surface area contributed by atoms with E-state index in [1.54, 1.807) is 21.6 Å². The first-order valence-corrected chi connectivity index (χ1v) is 9.41. The van der Waals surface area contributed by atoms with Crippen LogP contribution in [0.1, 0.15) is 11.1 Å². The minimum absolute atomic E-state index is 0.250. The molecular weight excluding hydrogens is 344 g/mol. The van der Waals surface area contributed by atoms with Gasteiger partial charge in [0.25, 0.3) is 0 Å². The first-order chi connectivity index (χ1) is 11.6. The summed E-state index contributed by atoms with van der Waals surface area (Å²) in [5.74, 6) is -0.499. The highest BCUT2D eigenvalue weighted by molar-refractivity contribution is 8.76. The maximum atomic E-state index is 11.4. The quantitative estimate of drug-likeness (QED) is 0.550. The van der Waals surface area contributed by atoms with Crippen LogP contribution in [-0.4, -0.2) is 26.2 Å². The monoisotopic (exact) mass is 362 g/mol. The van der Waals surface area contributed by atoms with Gasteiger partial charge in [-0.2, -0.15) is 0 Å². The Morgan fingerprint density at radius 2 is 1.21 bits per heavy atom. The molecule has 2 aromatic rings. The molecule has 0 spiro atoms. The van der Waals surface area contributed by atoms with Crippen molar-refractivity contribution in [2.45, 2.75) is 22.6 Å². The molecule has 0 aromatic heterocycles. The Balaban J connectivity index is 1.98. The number of ether oxygens (including phenoxy) is 2. The molecule has 0 fully saturated rings. The van der Waals surface area contributed by atoms with Crippen LogP contribution in [0.4, 0.5) is 0 Å². The predicted octanol–water partition coefficient (Wildman–Crippen LogP) is 3.92. The lowest BCUT2D eigenvalue weighted by Gasteiger charge is -2.06. The van der Waals surface area contributed by atoms with Gasteiger partial charge in [-0.3, -0.25) is 9.59 Å². The van der Waals surface area contributed by atoms with E-state index in [2.05, 4.69) is 9.47 Å². The summed E-state index contributed by atoms with van der Waals surface area (Å²) in [4.78, 5) is 24.8. The Morgan fingerprint density at radius 1 is 0.792 bits per heavy atom. The third-order valence-corrected chi connectivity index (χ3v) is 5.56. The van der Waals surface area contributed by atoms with Gasteiger partial charge < -0.3 is 9.47 Å². The third-order valence-electron chi connectivity index (χ3n) is 3.18. The van der Waals surface area contributed by atoms with E-state index in [0.717, 1.165) is 20.9 Å². The predicted molar refractivity (Wildman–Crippen MR) is 96.0 cm³/mol. The molecule has 0 bridgehead atoms. The Morgan fingerprint density at radius 3 is 1.58 bits per heavy atom. The Bertz CT molecular complexity index is 654. The van der Waals surface area contributed by atoms with E-state index < -0.39 is 0 Å². The number of benzene rings is 2. The molecule has 0 atom stereocenters. The Kier molecular flexibility index (Phi) is 7.21. The van der Waals surface area contributed by atoms with Gasteiger partial charge in [0, 0.05) is 9.79 Å². The maximum Gasteiger partial charge on any atom is 0.309 e. The van der Waals surface area contributed by atoms with Crippen LogP contribution in [-0.2, 0) is 31.9 Å². The van der Waals surface area contributed by atoms with E-state index in [0.29, 0.717) is 0 Å². The zero-order valence-electron chi connectivity index (χ0n) is 13.5. The van der Waals surface area contributed by atoms with Gasteiger partial charge in [0.05, 0.1) is 27.1 Å². The van der Waals surface area contributed by atoms with Gasteiger partial charge in [-0.05, 0) is 35.4 Å². The average molecular weight is 362 g/mol. The SMILES string of the molecule is COC(=O)Cc1cccc(SSc2cccc(CC(=O)OC)c2)c1. The summed E-state index contributed by atoms with van der Waals surface area (Å²) >= 11 is 0. The van der Waals surface area contributed by atoms with Crippen molar-refractivity contribution in [2.75, 3.05) is 14.2 Å². The summed E-state index contributed by atoms with van der Waals surface area (Å²) in [5, 5.41) is 0. The molecule has 126 valence electrons. The highest BCUT2D eigenvalue weighted by Gasteiger charge is 2.06. The van der Waals surface area contributed by atoms with Gasteiger partial charge in [0.15, 0.2) is 0 Å². The van der Waals surface area contributed by atoms with Crippen LogP contribution in [0.3, 0.4) is 0 Å². The van der Waals surface area contributed by atoms with E-state index >= 15 is 0 Å². The van der Waals surface area contributed by atoms with Crippen LogP contribution >= 0.6 is 21.6 Å². The van der Waals surface area contributed by atoms with Gasteiger partial charge in [0.2, 0.25) is 0 Å². The molecule has 0 N–H and O–H groups in total. The minimum atomic E-state index is -0.250. The van der Waals surface area contributed by atoms with E-state index in [9.17, 15) is 9.59 Å². The largest absolute Gasteiger partial charge is 0.469 e. The normalized spacial score (nSPS) is 10.2. The number of hydrogen-bond donors (Lipinski definition) is 0. The van der Waals surface area contributed by atoms with Crippen LogP contribution in [0, 0.1) is 0 Å². The fraction of sp³-hybridized carbons (Fsp3) is 0.222. The number of hydrogen-bond acceptors (Lipinski definition) is 6. The molecule has 0 aliphatic carbocycles. The second-order valence-corrected chi connectivity index (χ2v) is 7.24. The van der Waals surface area contributed by atoms with Crippen LogP contribution in [0.25, 0.3) is 0 Å². The molecule has 24 heavy (non-hydrogen) atoms. The van der Waals surface area contributed by atoms with Gasteiger partial charge in [-0.15, -0.1) is 0 Å². The molecule has 0 aliphatic rings. The molecule has 0 unspecified atom stereocenters.